The van der Waals surface area contributed by atoms with E-state index in [1.54, 1.807) is 12.1 Å². The third kappa shape index (κ3) is 5.07. The number of allylic oxidation sites excluding steroid dienone is 4. The van der Waals surface area contributed by atoms with Crippen molar-refractivity contribution in [2.24, 2.45) is 0 Å². The fourth-order valence-corrected chi connectivity index (χ4v) is 2.01. The predicted molar refractivity (Wildman–Crippen MR) is 76.2 cm³/mol. The number of ether oxygens (including phenoxy) is 1. The van der Waals surface area contributed by atoms with Gasteiger partial charge in [-0.15, -0.1) is 0 Å². The lowest BCUT2D eigenvalue weighted by atomic mass is 10.2. The summed E-state index contributed by atoms with van der Waals surface area (Å²) in [4.78, 5) is -1.84. The molecule has 0 aliphatic heterocycles. The topological polar surface area (TPSA) is 63.6 Å². The van der Waals surface area contributed by atoms with Crippen LogP contribution in [0.1, 0.15) is 12.5 Å². The first-order valence-electron chi connectivity index (χ1n) is 6.38. The third-order valence-corrected chi connectivity index (χ3v) is 3.72. The van der Waals surface area contributed by atoms with Crippen molar-refractivity contribution in [3.05, 3.63) is 52.1 Å². The van der Waals surface area contributed by atoms with Gasteiger partial charge in [-0.1, -0.05) is 19.1 Å². The summed E-state index contributed by atoms with van der Waals surface area (Å²) in [6.45, 7) is -1.72. The molecule has 1 aromatic carbocycles. The first kappa shape index (κ1) is 19.2. The van der Waals surface area contributed by atoms with Crippen LogP contribution in [0.3, 0.4) is 0 Å². The molecule has 0 aliphatic carbocycles. The van der Waals surface area contributed by atoms with Gasteiger partial charge < -0.3 is 4.74 Å². The van der Waals surface area contributed by atoms with Gasteiger partial charge in [0.25, 0.3) is 10.1 Å². The minimum Gasteiger partial charge on any atom is -0.456 e. The molecule has 128 valence electrons. The summed E-state index contributed by atoms with van der Waals surface area (Å²) in [7, 11) is -5.31. The number of alkyl halides is 2. The van der Waals surface area contributed by atoms with Crippen molar-refractivity contribution < 1.29 is 35.3 Å². The van der Waals surface area contributed by atoms with Crippen LogP contribution in [0.4, 0.5) is 17.6 Å². The lowest BCUT2D eigenvalue weighted by Gasteiger charge is -2.09. The Kier molecular flexibility index (Phi) is 6.77. The first-order chi connectivity index (χ1) is 10.7. The molecule has 0 atom stereocenters. The van der Waals surface area contributed by atoms with Crippen molar-refractivity contribution >= 4 is 10.1 Å². The van der Waals surface area contributed by atoms with Crippen LogP contribution in [0.5, 0.6) is 5.75 Å². The van der Waals surface area contributed by atoms with Gasteiger partial charge in [-0.2, -0.15) is 12.8 Å². The van der Waals surface area contributed by atoms with Crippen molar-refractivity contribution in [1.82, 2.24) is 0 Å². The van der Waals surface area contributed by atoms with Crippen LogP contribution >= 0.6 is 0 Å². The Balaban J connectivity index is 3.23. The van der Waals surface area contributed by atoms with Gasteiger partial charge in [0, 0.05) is 0 Å². The van der Waals surface area contributed by atoms with Crippen molar-refractivity contribution in [1.29, 1.82) is 0 Å². The van der Waals surface area contributed by atoms with Gasteiger partial charge in [0.15, 0.2) is 18.3 Å². The van der Waals surface area contributed by atoms with Crippen LogP contribution in [-0.4, -0.2) is 26.3 Å². The highest BCUT2D eigenvalue weighted by Crippen LogP contribution is 2.27. The molecule has 0 unspecified atom stereocenters. The molecule has 0 bridgehead atoms. The minimum absolute atomic E-state index is 0.0218. The highest BCUT2D eigenvalue weighted by Gasteiger charge is 2.26. The molecule has 0 radical (unpaired) electrons. The molecule has 0 spiro atoms. The Bertz CT molecular complexity index is 709. The first-order valence-corrected chi connectivity index (χ1v) is 7.82. The number of aryl methyl sites for hydroxylation is 1. The number of hydrogen-bond acceptors (Lipinski definition) is 3. The van der Waals surface area contributed by atoms with Crippen molar-refractivity contribution in [2.75, 3.05) is 13.3 Å². The van der Waals surface area contributed by atoms with Gasteiger partial charge in [-0.3, -0.25) is 4.55 Å². The molecule has 1 N–H and O–H groups in total. The average Bonchev–Trinajstić information content (AvgIpc) is 2.51. The zero-order chi connectivity index (χ0) is 17.6. The normalized spacial score (nSPS) is 14.2. The predicted octanol–water partition coefficient (Wildman–Crippen LogP) is 3.82. The average molecular weight is 354 g/mol. The zero-order valence-corrected chi connectivity index (χ0v) is 12.8. The second-order valence-electron chi connectivity index (χ2n) is 4.32. The van der Waals surface area contributed by atoms with Crippen LogP contribution in [0.15, 0.2) is 46.6 Å². The molecule has 0 aliphatic rings. The van der Waals surface area contributed by atoms with Gasteiger partial charge in [-0.25, -0.2) is 13.2 Å². The van der Waals surface area contributed by atoms with E-state index in [0.717, 1.165) is 5.56 Å². The Labute approximate surface area is 130 Å². The van der Waals surface area contributed by atoms with Crippen LogP contribution in [0, 0.1) is 0 Å². The molecule has 0 saturated heterocycles. The van der Waals surface area contributed by atoms with Crippen molar-refractivity contribution in [3.8, 4) is 5.75 Å². The highest BCUT2D eigenvalue weighted by atomic mass is 32.2. The summed E-state index contributed by atoms with van der Waals surface area (Å²) < 4.78 is 87.7. The van der Waals surface area contributed by atoms with E-state index in [0.29, 0.717) is 6.42 Å². The Morgan fingerprint density at radius 3 is 2.04 bits per heavy atom. The van der Waals surface area contributed by atoms with E-state index in [4.69, 9.17) is 9.29 Å². The van der Waals surface area contributed by atoms with E-state index in [9.17, 15) is 26.0 Å². The van der Waals surface area contributed by atoms with Crippen LogP contribution in [0.2, 0.25) is 0 Å². The lowest BCUT2D eigenvalue weighted by Crippen LogP contribution is -2.09. The highest BCUT2D eigenvalue weighted by molar-refractivity contribution is 7.89. The third-order valence-electron chi connectivity index (χ3n) is 2.81. The van der Waals surface area contributed by atoms with Crippen molar-refractivity contribution in [3.63, 3.8) is 0 Å². The fourth-order valence-electron chi connectivity index (χ4n) is 1.55. The standard InChI is InChI=1S/C14H14F4O4S/c1-2-9-3-5-10(6-4-9)22-11(7-15)13(17)14(18)12(8-16)23(19,20)21/h3-6H,2,7-8H2,1H3,(H,19,20,21). The van der Waals surface area contributed by atoms with Crippen LogP contribution in [-0.2, 0) is 16.5 Å². The van der Waals surface area contributed by atoms with E-state index in [2.05, 4.69) is 0 Å². The van der Waals surface area contributed by atoms with Crippen LogP contribution < -0.4 is 4.74 Å². The minimum atomic E-state index is -5.31. The van der Waals surface area contributed by atoms with Gasteiger partial charge in [0.1, 0.15) is 17.3 Å². The lowest BCUT2D eigenvalue weighted by molar-refractivity contribution is 0.331. The van der Waals surface area contributed by atoms with Crippen LogP contribution in [0.25, 0.3) is 0 Å². The molecule has 0 heterocycles. The Morgan fingerprint density at radius 2 is 1.65 bits per heavy atom. The SMILES string of the molecule is CCc1ccc(OC(CF)=C(F)C(F)=C(CF)S(=O)(=O)O)cc1. The second kappa shape index (κ2) is 8.11. The summed E-state index contributed by atoms with van der Waals surface area (Å²) in [6, 6.07) is 5.98. The van der Waals surface area contributed by atoms with E-state index in [1.807, 2.05) is 6.92 Å². The molecule has 0 aromatic heterocycles. The molecule has 1 rings (SSSR count). The van der Waals surface area contributed by atoms with E-state index >= 15 is 0 Å². The largest absolute Gasteiger partial charge is 0.456 e. The maximum atomic E-state index is 13.8. The Hall–Kier alpha value is -1.87. The quantitative estimate of drug-likeness (QED) is 0.350. The summed E-state index contributed by atoms with van der Waals surface area (Å²) in [5, 5.41) is 0. The van der Waals surface area contributed by atoms with Gasteiger partial charge in [-0.05, 0) is 24.1 Å². The summed E-state index contributed by atoms with van der Waals surface area (Å²) in [5.74, 6) is -5.49. The zero-order valence-electron chi connectivity index (χ0n) is 12.0. The molecule has 0 fully saturated rings. The smallest absolute Gasteiger partial charge is 0.296 e. The molecular weight excluding hydrogens is 340 g/mol. The van der Waals surface area contributed by atoms with E-state index in [1.165, 1.54) is 12.1 Å². The summed E-state index contributed by atoms with van der Waals surface area (Å²) in [6.07, 6.45) is 0.714. The fraction of sp³-hybridized carbons (Fsp3) is 0.286. The number of rotatable bonds is 7. The van der Waals surface area contributed by atoms with Crippen molar-refractivity contribution in [2.45, 2.75) is 13.3 Å². The molecule has 1 aromatic rings. The van der Waals surface area contributed by atoms with Gasteiger partial charge in [0.05, 0.1) is 0 Å². The monoisotopic (exact) mass is 354 g/mol. The number of hydrogen-bond donors (Lipinski definition) is 1. The molecule has 4 nitrogen and oxygen atoms in total. The van der Waals surface area contributed by atoms with Gasteiger partial charge in [0.2, 0.25) is 5.83 Å². The van der Waals surface area contributed by atoms with E-state index < -0.39 is 45.8 Å². The second-order valence-corrected chi connectivity index (χ2v) is 5.76. The molecular formula is C14H14F4O4S. The summed E-state index contributed by atoms with van der Waals surface area (Å²) >= 11 is 0. The molecule has 9 heteroatoms. The molecule has 0 amide bonds. The maximum Gasteiger partial charge on any atom is 0.296 e. The molecule has 0 saturated carbocycles. The van der Waals surface area contributed by atoms with Gasteiger partial charge >= 0.3 is 0 Å². The Morgan fingerprint density at radius 1 is 1.09 bits per heavy atom. The molecule has 23 heavy (non-hydrogen) atoms. The maximum absolute atomic E-state index is 13.8. The number of benzene rings is 1. The summed E-state index contributed by atoms with van der Waals surface area (Å²) in [5.41, 5.74) is 0.917. The van der Waals surface area contributed by atoms with E-state index in [-0.39, 0.29) is 5.75 Å². The number of halogens is 4.